The normalized spacial score (nSPS) is 25.2. The topological polar surface area (TPSA) is 62.2 Å². The Morgan fingerprint density at radius 3 is 2.95 bits per heavy atom. The summed E-state index contributed by atoms with van der Waals surface area (Å²) in [5, 5.41) is 12.7. The summed E-state index contributed by atoms with van der Waals surface area (Å²) < 4.78 is 0. The molecule has 3 unspecified atom stereocenters. The maximum atomic E-state index is 11.6. The molecule has 0 amide bonds. The summed E-state index contributed by atoms with van der Waals surface area (Å²) in [6.07, 6.45) is 8.62. The molecule has 4 rings (SSSR count). The highest BCUT2D eigenvalue weighted by atomic mass is 16.4. The second kappa shape index (κ2) is 4.98. The second-order valence-electron chi connectivity index (χ2n) is 5.86. The molecule has 22 heavy (non-hydrogen) atoms. The summed E-state index contributed by atoms with van der Waals surface area (Å²) in [6.45, 7) is 0. The number of hydrogen-bond acceptors (Lipinski definition) is 3. The highest BCUT2D eigenvalue weighted by Crippen LogP contribution is 2.45. The third-order valence-corrected chi connectivity index (χ3v) is 4.63. The molecule has 0 spiro atoms. The lowest BCUT2D eigenvalue weighted by atomic mass is 9.79. The van der Waals surface area contributed by atoms with E-state index in [4.69, 9.17) is 0 Å². The summed E-state index contributed by atoms with van der Waals surface area (Å²) >= 11 is 0. The summed E-state index contributed by atoms with van der Waals surface area (Å²) in [5.74, 6) is -0.481. The van der Waals surface area contributed by atoms with Crippen molar-refractivity contribution in [2.45, 2.75) is 18.4 Å². The van der Waals surface area contributed by atoms with Crippen LogP contribution < -0.4 is 5.32 Å². The monoisotopic (exact) mass is 292 g/mol. The molecule has 1 aliphatic heterocycles. The molecule has 0 radical (unpaired) electrons. The molecular weight excluding hydrogens is 276 g/mol. The first kappa shape index (κ1) is 13.1. The number of carbonyl (C=O) groups is 1. The second-order valence-corrected chi connectivity index (χ2v) is 5.86. The third kappa shape index (κ3) is 1.99. The van der Waals surface area contributed by atoms with E-state index in [0.717, 1.165) is 23.2 Å². The van der Waals surface area contributed by atoms with E-state index in [9.17, 15) is 9.90 Å². The zero-order chi connectivity index (χ0) is 15.1. The zero-order valence-electron chi connectivity index (χ0n) is 11.9. The largest absolute Gasteiger partial charge is 0.480 e. The van der Waals surface area contributed by atoms with E-state index in [1.54, 1.807) is 6.20 Å². The molecule has 2 aromatic rings. The number of hydrogen-bond donors (Lipinski definition) is 2. The van der Waals surface area contributed by atoms with Crippen molar-refractivity contribution < 1.29 is 9.90 Å². The fraction of sp³-hybridized carbons (Fsp3) is 0.222. The van der Waals surface area contributed by atoms with Crippen LogP contribution in [0.2, 0.25) is 0 Å². The fourth-order valence-electron chi connectivity index (χ4n) is 3.55. The number of pyridine rings is 1. The van der Waals surface area contributed by atoms with Crippen LogP contribution in [-0.2, 0) is 4.79 Å². The Labute approximate surface area is 128 Å². The van der Waals surface area contributed by atoms with Crippen LogP contribution in [0, 0.1) is 5.92 Å². The SMILES string of the molecule is O=C(O)C1Nc2cc(-c3cccnc3)ccc2C2C=CCC12. The summed E-state index contributed by atoms with van der Waals surface area (Å²) in [5.41, 5.74) is 4.18. The molecule has 0 bridgehead atoms. The van der Waals surface area contributed by atoms with E-state index in [1.807, 2.05) is 24.4 Å². The molecule has 0 saturated heterocycles. The summed E-state index contributed by atoms with van der Waals surface area (Å²) in [6, 6.07) is 9.60. The van der Waals surface area contributed by atoms with Gasteiger partial charge in [-0.2, -0.15) is 0 Å². The van der Waals surface area contributed by atoms with Crippen molar-refractivity contribution in [3.8, 4) is 11.1 Å². The van der Waals surface area contributed by atoms with Crippen molar-refractivity contribution in [1.29, 1.82) is 0 Å². The number of aliphatic carboxylic acids is 1. The zero-order valence-corrected chi connectivity index (χ0v) is 11.9. The maximum absolute atomic E-state index is 11.6. The van der Waals surface area contributed by atoms with Gasteiger partial charge in [-0.1, -0.05) is 30.4 Å². The fourth-order valence-corrected chi connectivity index (χ4v) is 3.55. The quantitative estimate of drug-likeness (QED) is 0.834. The van der Waals surface area contributed by atoms with Gasteiger partial charge in [0.2, 0.25) is 0 Å². The Morgan fingerprint density at radius 1 is 1.27 bits per heavy atom. The van der Waals surface area contributed by atoms with Gasteiger partial charge in [-0.15, -0.1) is 0 Å². The van der Waals surface area contributed by atoms with Gasteiger partial charge >= 0.3 is 5.97 Å². The van der Waals surface area contributed by atoms with Crippen LogP contribution in [0.15, 0.2) is 54.9 Å². The predicted octanol–water partition coefficient (Wildman–Crippen LogP) is 3.29. The van der Waals surface area contributed by atoms with E-state index in [-0.39, 0.29) is 11.8 Å². The number of benzene rings is 1. The van der Waals surface area contributed by atoms with E-state index in [2.05, 4.69) is 34.6 Å². The van der Waals surface area contributed by atoms with Crippen molar-refractivity contribution in [2.75, 3.05) is 5.32 Å². The molecule has 2 heterocycles. The molecule has 4 nitrogen and oxygen atoms in total. The first-order chi connectivity index (χ1) is 10.7. The van der Waals surface area contributed by atoms with E-state index < -0.39 is 12.0 Å². The Morgan fingerprint density at radius 2 is 2.18 bits per heavy atom. The van der Waals surface area contributed by atoms with Crippen molar-refractivity contribution in [3.05, 3.63) is 60.4 Å². The van der Waals surface area contributed by atoms with Crippen molar-refractivity contribution in [3.63, 3.8) is 0 Å². The molecule has 4 heteroatoms. The summed E-state index contributed by atoms with van der Waals surface area (Å²) in [7, 11) is 0. The maximum Gasteiger partial charge on any atom is 0.326 e. The highest BCUT2D eigenvalue weighted by Gasteiger charge is 2.40. The summed E-state index contributed by atoms with van der Waals surface area (Å²) in [4.78, 5) is 15.7. The van der Waals surface area contributed by atoms with Gasteiger partial charge in [0.05, 0.1) is 0 Å². The minimum absolute atomic E-state index is 0.106. The number of carboxylic acids is 1. The van der Waals surface area contributed by atoms with E-state index in [0.29, 0.717) is 0 Å². The van der Waals surface area contributed by atoms with Crippen LogP contribution in [-0.4, -0.2) is 22.1 Å². The average Bonchev–Trinajstić information content (AvgIpc) is 3.04. The lowest BCUT2D eigenvalue weighted by Crippen LogP contribution is -2.41. The highest BCUT2D eigenvalue weighted by molar-refractivity contribution is 5.82. The van der Waals surface area contributed by atoms with E-state index >= 15 is 0 Å². The van der Waals surface area contributed by atoms with Crippen LogP contribution in [0.5, 0.6) is 0 Å². The molecule has 1 aromatic carbocycles. The molecule has 110 valence electrons. The van der Waals surface area contributed by atoms with Crippen LogP contribution in [0.25, 0.3) is 11.1 Å². The van der Waals surface area contributed by atoms with E-state index in [1.165, 1.54) is 5.56 Å². The Hall–Kier alpha value is -2.62. The van der Waals surface area contributed by atoms with Gasteiger partial charge in [0.15, 0.2) is 0 Å². The molecule has 0 saturated carbocycles. The first-order valence-electron chi connectivity index (χ1n) is 7.44. The van der Waals surface area contributed by atoms with Crippen LogP contribution in [0.1, 0.15) is 17.9 Å². The van der Waals surface area contributed by atoms with Gasteiger partial charge in [0.25, 0.3) is 0 Å². The molecular formula is C18H16N2O2. The Balaban J connectivity index is 1.79. The average molecular weight is 292 g/mol. The van der Waals surface area contributed by atoms with Gasteiger partial charge in [-0.05, 0) is 29.7 Å². The molecule has 1 aromatic heterocycles. The van der Waals surface area contributed by atoms with Crippen LogP contribution >= 0.6 is 0 Å². The first-order valence-corrected chi connectivity index (χ1v) is 7.44. The Bertz CT molecular complexity index is 755. The van der Waals surface area contributed by atoms with Crippen LogP contribution in [0.3, 0.4) is 0 Å². The standard InChI is InChI=1S/C18H16N2O2/c21-18(22)17-15-5-1-4-13(15)14-7-6-11(9-16(14)20-17)12-3-2-8-19-10-12/h1-4,6-10,13,15,17,20H,5H2,(H,21,22). The minimum Gasteiger partial charge on any atom is -0.480 e. The van der Waals surface area contributed by atoms with Crippen LogP contribution in [0.4, 0.5) is 5.69 Å². The molecule has 3 atom stereocenters. The van der Waals surface area contributed by atoms with Crippen molar-refractivity contribution >= 4 is 11.7 Å². The van der Waals surface area contributed by atoms with Gasteiger partial charge in [0, 0.05) is 35.5 Å². The van der Waals surface area contributed by atoms with Gasteiger partial charge in [-0.3, -0.25) is 4.98 Å². The number of nitrogens with one attached hydrogen (secondary N) is 1. The number of carboxylic acid groups (broad SMARTS) is 1. The number of rotatable bonds is 2. The number of aromatic nitrogens is 1. The Kier molecular flexibility index (Phi) is 2.96. The lowest BCUT2D eigenvalue weighted by molar-refractivity contribution is -0.139. The number of allylic oxidation sites excluding steroid dienone is 2. The number of anilines is 1. The molecule has 2 aliphatic rings. The van der Waals surface area contributed by atoms with Crippen molar-refractivity contribution in [2.24, 2.45) is 5.92 Å². The van der Waals surface area contributed by atoms with Gasteiger partial charge < -0.3 is 10.4 Å². The van der Waals surface area contributed by atoms with Gasteiger partial charge in [-0.25, -0.2) is 4.79 Å². The molecule has 1 aliphatic carbocycles. The third-order valence-electron chi connectivity index (χ3n) is 4.63. The minimum atomic E-state index is -0.781. The number of fused-ring (bicyclic) bond motifs is 3. The van der Waals surface area contributed by atoms with Crippen molar-refractivity contribution in [1.82, 2.24) is 4.98 Å². The van der Waals surface area contributed by atoms with Gasteiger partial charge in [0.1, 0.15) is 6.04 Å². The smallest absolute Gasteiger partial charge is 0.326 e. The lowest BCUT2D eigenvalue weighted by Gasteiger charge is -2.35. The molecule has 0 fully saturated rings. The predicted molar refractivity (Wildman–Crippen MR) is 84.7 cm³/mol. The molecule has 2 N–H and O–H groups in total. The number of nitrogens with zero attached hydrogens (tertiary/aromatic N) is 1.